The zero-order chi connectivity index (χ0) is 29.1. The maximum atomic E-state index is 15.8. The molecule has 0 saturated carbocycles. The van der Waals surface area contributed by atoms with E-state index < -0.39 is 32.2 Å². The molecule has 8 nitrogen and oxygen atoms in total. The van der Waals surface area contributed by atoms with Gasteiger partial charge in [-0.3, -0.25) is 4.79 Å². The van der Waals surface area contributed by atoms with E-state index in [-0.39, 0.29) is 29.2 Å². The number of hydrogen-bond acceptors (Lipinski definition) is 8. The predicted octanol–water partition coefficient (Wildman–Crippen LogP) is 4.29. The van der Waals surface area contributed by atoms with Gasteiger partial charge in [0.15, 0.2) is 0 Å². The van der Waals surface area contributed by atoms with Gasteiger partial charge in [-0.25, -0.2) is 21.9 Å². The molecule has 0 unspecified atom stereocenters. The second-order valence-electron chi connectivity index (χ2n) is 10.6. The van der Waals surface area contributed by atoms with Gasteiger partial charge in [0.05, 0.1) is 16.1 Å². The second kappa shape index (κ2) is 12.4. The van der Waals surface area contributed by atoms with Gasteiger partial charge >= 0.3 is 0 Å². The van der Waals surface area contributed by atoms with Crippen molar-refractivity contribution >= 4 is 33.4 Å². The van der Waals surface area contributed by atoms with Gasteiger partial charge < -0.3 is 14.5 Å². The minimum Gasteiger partial charge on any atom is -0.365 e. The van der Waals surface area contributed by atoms with Crippen molar-refractivity contribution in [2.24, 2.45) is 0 Å². The van der Waals surface area contributed by atoms with Gasteiger partial charge in [-0.1, -0.05) is 0 Å². The molecule has 2 heterocycles. The van der Waals surface area contributed by atoms with Crippen LogP contribution in [0.15, 0.2) is 46.2 Å². The van der Waals surface area contributed by atoms with Gasteiger partial charge in [-0.15, -0.1) is 11.8 Å². The number of carbonyl (C=O) groups is 1. The summed E-state index contributed by atoms with van der Waals surface area (Å²) < 4.78 is 62.9. The van der Waals surface area contributed by atoms with Crippen molar-refractivity contribution < 1.29 is 26.7 Å². The molecule has 0 aromatic heterocycles. The first-order chi connectivity index (χ1) is 18.9. The van der Waals surface area contributed by atoms with Crippen molar-refractivity contribution in [1.29, 1.82) is 5.26 Å². The molecule has 1 N–H and O–H groups in total. The second-order valence-corrected chi connectivity index (χ2v) is 13.4. The third-order valence-electron chi connectivity index (χ3n) is 7.61. The number of ether oxygens (including phenoxy) is 1. The van der Waals surface area contributed by atoms with E-state index in [2.05, 4.69) is 4.90 Å². The number of nitriles is 1. The molecule has 2 saturated heterocycles. The number of thioether (sulfide) groups is 1. The van der Waals surface area contributed by atoms with Crippen LogP contribution < -0.4 is 9.62 Å². The van der Waals surface area contributed by atoms with Gasteiger partial charge in [0.1, 0.15) is 23.3 Å². The number of nitrogens with zero attached hydrogens (tertiary/aromatic N) is 3. The Labute approximate surface area is 238 Å². The molecule has 1 amide bonds. The fraction of sp³-hybridized carbons (Fsp3) is 0.500. The molecule has 2 aliphatic heterocycles. The fourth-order valence-electron chi connectivity index (χ4n) is 5.18. The van der Waals surface area contributed by atoms with Crippen LogP contribution in [0.5, 0.6) is 0 Å². The predicted molar refractivity (Wildman–Crippen MR) is 150 cm³/mol. The number of sulfonamides is 1. The molecule has 2 aromatic carbocycles. The van der Waals surface area contributed by atoms with Crippen LogP contribution >= 0.6 is 11.8 Å². The Bertz CT molecular complexity index is 1370. The van der Waals surface area contributed by atoms with Gasteiger partial charge in [0.2, 0.25) is 0 Å². The highest BCUT2D eigenvalue weighted by Crippen LogP contribution is 2.36. The summed E-state index contributed by atoms with van der Waals surface area (Å²) >= 11 is 1.51. The lowest BCUT2D eigenvalue weighted by Gasteiger charge is -2.43. The first-order valence-electron chi connectivity index (χ1n) is 13.2. The summed E-state index contributed by atoms with van der Waals surface area (Å²) in [4.78, 5) is 17.1. The maximum Gasteiger partial charge on any atom is 0.265 e. The Kier molecular flexibility index (Phi) is 9.40. The summed E-state index contributed by atoms with van der Waals surface area (Å²) in [7, 11) is -0.494. The minimum absolute atomic E-state index is 0.0391. The Hall–Kier alpha value is -2.72. The van der Waals surface area contributed by atoms with Gasteiger partial charge in [-0.05, 0) is 89.5 Å². The van der Waals surface area contributed by atoms with Crippen molar-refractivity contribution in [2.75, 3.05) is 37.9 Å². The van der Waals surface area contributed by atoms with Crippen LogP contribution in [0.2, 0.25) is 0 Å². The average molecular weight is 593 g/mol. The summed E-state index contributed by atoms with van der Waals surface area (Å²) in [5.41, 5.74) is -1.39. The van der Waals surface area contributed by atoms with Gasteiger partial charge in [-0.2, -0.15) is 5.26 Å². The zero-order valence-electron chi connectivity index (χ0n) is 22.8. The van der Waals surface area contributed by atoms with Crippen LogP contribution in [0.1, 0.15) is 44.6 Å². The smallest absolute Gasteiger partial charge is 0.265 e. The molecule has 2 aromatic rings. The van der Waals surface area contributed by atoms with E-state index in [1.807, 2.05) is 29.8 Å². The quantitative estimate of drug-likeness (QED) is 0.453. The normalized spacial score (nSPS) is 23.6. The molecule has 12 heteroatoms. The van der Waals surface area contributed by atoms with Crippen LogP contribution in [0.3, 0.4) is 0 Å². The molecular formula is C28H34F2N4O4S2. The Morgan fingerprint density at radius 1 is 1.25 bits per heavy atom. The van der Waals surface area contributed by atoms with Crippen LogP contribution in [0.25, 0.3) is 0 Å². The monoisotopic (exact) mass is 592 g/mol. The van der Waals surface area contributed by atoms with Gasteiger partial charge in [0.25, 0.3) is 15.9 Å². The van der Waals surface area contributed by atoms with Gasteiger partial charge in [0, 0.05) is 35.9 Å². The van der Waals surface area contributed by atoms with Crippen molar-refractivity contribution in [3.05, 3.63) is 53.6 Å². The molecule has 3 atom stereocenters. The van der Waals surface area contributed by atoms with E-state index in [0.717, 1.165) is 36.3 Å². The summed E-state index contributed by atoms with van der Waals surface area (Å²) in [6.45, 7) is 2.33. The molecule has 0 bridgehead atoms. The number of anilines is 1. The first-order valence-corrected chi connectivity index (χ1v) is 15.7. The Balaban J connectivity index is 1.61. The van der Waals surface area contributed by atoms with E-state index >= 15 is 4.39 Å². The first kappa shape index (κ1) is 30.2. The van der Waals surface area contributed by atoms with E-state index in [1.54, 1.807) is 12.1 Å². The molecular weight excluding hydrogens is 558 g/mol. The highest BCUT2D eigenvalue weighted by molar-refractivity contribution is 7.99. The van der Waals surface area contributed by atoms with Crippen molar-refractivity contribution in [3.63, 3.8) is 0 Å². The topological polar surface area (TPSA) is 103 Å². The number of carbonyl (C=O) groups excluding carboxylic acids is 1. The fourth-order valence-corrected chi connectivity index (χ4v) is 7.32. The lowest BCUT2D eigenvalue weighted by molar-refractivity contribution is -0.148. The molecule has 40 heavy (non-hydrogen) atoms. The molecule has 2 fully saturated rings. The largest absolute Gasteiger partial charge is 0.365 e. The number of hydrogen-bond donors (Lipinski definition) is 1. The number of piperidine rings is 1. The van der Waals surface area contributed by atoms with Crippen LogP contribution in [0.4, 0.5) is 14.5 Å². The van der Waals surface area contributed by atoms with Crippen molar-refractivity contribution in [2.45, 2.75) is 66.5 Å². The third kappa shape index (κ3) is 6.77. The van der Waals surface area contributed by atoms with E-state index in [4.69, 9.17) is 4.74 Å². The third-order valence-corrected chi connectivity index (χ3v) is 10.1. The summed E-state index contributed by atoms with van der Waals surface area (Å²) in [6.07, 6.45) is 3.29. The van der Waals surface area contributed by atoms with Crippen molar-refractivity contribution in [3.8, 4) is 6.07 Å². The number of nitrogens with one attached hydrogen (secondary N) is 1. The highest BCUT2D eigenvalue weighted by atomic mass is 32.2. The van der Waals surface area contributed by atoms with Crippen molar-refractivity contribution in [1.82, 2.24) is 9.62 Å². The number of amides is 1. The SMILES string of the molecule is CN(C)[C@H]1CCN(c2c(F)cc(S(=O)(=O)NC(=O)[C@@]3(C)CCCCO3)cc2C#N)[C@H](CSc2ccc(F)cc2)C1. The lowest BCUT2D eigenvalue weighted by Crippen LogP contribution is -2.50. The van der Waals surface area contributed by atoms with Crippen LogP contribution in [-0.2, 0) is 19.6 Å². The minimum atomic E-state index is -4.46. The van der Waals surface area contributed by atoms with E-state index in [0.29, 0.717) is 31.7 Å². The van der Waals surface area contributed by atoms with E-state index in [9.17, 15) is 22.9 Å². The molecule has 216 valence electrons. The molecule has 0 radical (unpaired) electrons. The number of halogens is 2. The Morgan fingerprint density at radius 2 is 1.98 bits per heavy atom. The molecule has 0 aliphatic carbocycles. The number of rotatable bonds is 8. The summed E-state index contributed by atoms with van der Waals surface area (Å²) in [5.74, 6) is -1.45. The number of benzene rings is 2. The lowest BCUT2D eigenvalue weighted by atomic mass is 9.95. The average Bonchev–Trinajstić information content (AvgIpc) is 2.92. The van der Waals surface area contributed by atoms with E-state index in [1.165, 1.54) is 30.8 Å². The van der Waals surface area contributed by atoms with Crippen LogP contribution in [0, 0.1) is 23.0 Å². The standard InChI is InChI=1S/C28H34F2N4O4S2/c1-28(11-4-5-13-38-28)27(35)32-40(36,37)24-14-19(17-31)26(25(30)16-24)34-12-10-21(33(2)3)15-22(34)18-39-23-8-6-20(29)7-9-23/h6-9,14,16,21-22H,4-5,10-13,15,18H2,1-3H3,(H,32,35)/t21-,22-,28+/m0/s1. The summed E-state index contributed by atoms with van der Waals surface area (Å²) in [5, 5.41) is 9.96. The highest BCUT2D eigenvalue weighted by Gasteiger charge is 2.39. The van der Waals surface area contributed by atoms with Crippen LogP contribution in [-0.4, -0.2) is 69.9 Å². The molecule has 0 spiro atoms. The maximum absolute atomic E-state index is 15.8. The Morgan fingerprint density at radius 3 is 2.60 bits per heavy atom. The molecule has 2 aliphatic rings. The zero-order valence-corrected chi connectivity index (χ0v) is 24.5. The summed E-state index contributed by atoms with van der Waals surface area (Å²) in [6, 6.07) is 10.1. The molecule has 4 rings (SSSR count).